The standard InChI is InChI=1S/C107H117N9O6/c1-76-50-99(121-74-88-56-101(117-46-42-113(11)95-34-26-80(27-35-95)18-22-84-16-15-17-90(52-84)77(2)69-108)61-102(57-88)118-47-43-114(12)96-36-28-81(29-37-96)19-23-85-53-91(78(3)70-109)66-105(5,6)63-85)60-100(51-76)122-75-89-58-103(119-48-44-115(13)97-38-30-82(31-39-97)20-24-86-54-92(79(4)71-110)67-106(7,8)64-86)62-104(59-89)120-49-45-116(14)98-40-32-83(33-41-98)21-25-87-55-93(94(72-111)73-112)68-107(9,10)65-87/h18-41,50-62H,15-17,42-49,63-68,74-75H2,1-14H3/b22-18+,23-19+,24-20+,25-21+,90-77-,91-78-,92-79-. The number of anilines is 4. The van der Waals surface area contributed by atoms with Gasteiger partial charge in [0.2, 0.25) is 0 Å². The zero-order valence-corrected chi connectivity index (χ0v) is 73.8. The van der Waals surface area contributed by atoms with Crippen molar-refractivity contribution < 1.29 is 28.4 Å². The molecule has 0 aromatic heterocycles. The topological polar surface area (TPSA) is 187 Å². The minimum Gasteiger partial charge on any atom is -0.492 e. The van der Waals surface area contributed by atoms with Gasteiger partial charge in [-0.2, -0.15) is 26.3 Å². The Morgan fingerprint density at radius 1 is 0.328 bits per heavy atom. The molecule has 7 aromatic carbocycles. The van der Waals surface area contributed by atoms with Crippen molar-refractivity contribution in [1.29, 1.82) is 26.3 Å². The van der Waals surface area contributed by atoms with E-state index in [0.717, 1.165) is 158 Å². The van der Waals surface area contributed by atoms with Crippen molar-refractivity contribution in [1.82, 2.24) is 0 Å². The molecule has 7 aromatic rings. The highest BCUT2D eigenvalue weighted by Crippen LogP contribution is 2.43. The summed E-state index contributed by atoms with van der Waals surface area (Å²) in [6.07, 6.45) is 33.9. The molecule has 626 valence electrons. The van der Waals surface area contributed by atoms with E-state index in [-0.39, 0.29) is 35.0 Å². The fraction of sp³-hybridized carbons (Fsp3) is 0.336. The van der Waals surface area contributed by atoms with Crippen LogP contribution in [0.5, 0.6) is 34.5 Å². The van der Waals surface area contributed by atoms with Gasteiger partial charge in [-0.05, 0) is 270 Å². The molecule has 0 amide bonds. The van der Waals surface area contributed by atoms with Crippen LogP contribution < -0.4 is 48.0 Å². The molecule has 0 saturated carbocycles. The van der Waals surface area contributed by atoms with E-state index < -0.39 is 0 Å². The van der Waals surface area contributed by atoms with Crippen LogP contribution >= 0.6 is 0 Å². The van der Waals surface area contributed by atoms with Gasteiger partial charge in [0.25, 0.3) is 0 Å². The van der Waals surface area contributed by atoms with Crippen molar-refractivity contribution in [2.75, 3.05) is 100 Å². The molecule has 0 unspecified atom stereocenters. The van der Waals surface area contributed by atoms with E-state index in [1.807, 2.05) is 88.4 Å². The Balaban J connectivity index is 0.757. The molecule has 11 rings (SSSR count). The molecule has 122 heavy (non-hydrogen) atoms. The van der Waals surface area contributed by atoms with Crippen molar-refractivity contribution >= 4 is 47.1 Å². The third kappa shape index (κ3) is 26.9. The average molecular weight is 1630 g/mol. The fourth-order valence-corrected chi connectivity index (χ4v) is 15.9. The van der Waals surface area contributed by atoms with Crippen LogP contribution in [0, 0.1) is 79.8 Å². The van der Waals surface area contributed by atoms with Crippen molar-refractivity contribution in [2.45, 2.75) is 140 Å². The number of rotatable bonds is 34. The Hall–Kier alpha value is -13.1. The highest BCUT2D eigenvalue weighted by molar-refractivity contribution is 5.64. The summed E-state index contributed by atoms with van der Waals surface area (Å²) in [6, 6.07) is 63.1. The lowest BCUT2D eigenvalue weighted by Gasteiger charge is -2.30. The quantitative estimate of drug-likeness (QED) is 0.0346. The highest BCUT2D eigenvalue weighted by Gasteiger charge is 2.29. The van der Waals surface area contributed by atoms with Crippen molar-refractivity contribution in [3.63, 3.8) is 0 Å². The first-order valence-electron chi connectivity index (χ1n) is 42.4. The summed E-state index contributed by atoms with van der Waals surface area (Å²) in [5, 5.41) is 48.0. The molecule has 0 fully saturated rings. The van der Waals surface area contributed by atoms with Crippen LogP contribution in [0.2, 0.25) is 0 Å². The third-order valence-electron chi connectivity index (χ3n) is 22.7. The van der Waals surface area contributed by atoms with Crippen molar-refractivity contribution in [3.05, 3.63) is 306 Å². The van der Waals surface area contributed by atoms with Crippen molar-refractivity contribution in [3.8, 4) is 64.8 Å². The molecule has 0 spiro atoms. The number of benzene rings is 7. The van der Waals surface area contributed by atoms with Gasteiger partial charge in [0.05, 0.1) is 44.4 Å². The zero-order valence-electron chi connectivity index (χ0n) is 73.8. The fourth-order valence-electron chi connectivity index (χ4n) is 15.9. The predicted octanol–water partition coefficient (Wildman–Crippen LogP) is 24.5. The maximum Gasteiger partial charge on any atom is 0.132 e. The number of aryl methyl sites for hydroxylation is 1. The minimum absolute atomic E-state index is 0.0674. The van der Waals surface area contributed by atoms with Crippen LogP contribution in [0.3, 0.4) is 0 Å². The summed E-state index contributed by atoms with van der Waals surface area (Å²) >= 11 is 0. The van der Waals surface area contributed by atoms with Gasteiger partial charge < -0.3 is 48.0 Å². The largest absolute Gasteiger partial charge is 0.492 e. The molecule has 15 nitrogen and oxygen atoms in total. The molecule has 0 radical (unpaired) electrons. The SMILES string of the molecule is C/C(C#N)=C1C=C(/C=C/c2ccc(N(C)CCOc3cc(COc4cc(C)cc(OCc5cc(OCCN(C)c6ccc(/C=C/C7=CC(=C(C#N)C#N)CC(C)(C)C7)cc6)cc(OCCN(C)c6ccc(/C=C/C7=CC(=C(\C)C#N)/CC(C)(C)C7)cc6)c5)c4)cc(OCCN(C)c4ccc(/C=C/C5=CC(=C(\C)C#N)/CC(C)(C)C5)cc4)c3)cc2)CCC/1. The molecule has 0 atom stereocenters. The molecule has 0 saturated heterocycles. The van der Waals surface area contributed by atoms with Gasteiger partial charge in [-0.25, -0.2) is 0 Å². The monoisotopic (exact) mass is 1620 g/mol. The molecular weight excluding hydrogens is 1510 g/mol. The molecule has 0 N–H and O–H groups in total. The lowest BCUT2D eigenvalue weighted by Crippen LogP contribution is -2.24. The van der Waals surface area contributed by atoms with Gasteiger partial charge >= 0.3 is 0 Å². The summed E-state index contributed by atoms with van der Waals surface area (Å²) in [7, 11) is 8.27. The normalized spacial score (nSPS) is 16.6. The number of hydrogen-bond acceptors (Lipinski definition) is 15. The number of hydrogen-bond donors (Lipinski definition) is 0. The van der Waals surface area contributed by atoms with Gasteiger partial charge in [-0.1, -0.05) is 163 Å². The second-order valence-corrected chi connectivity index (χ2v) is 35.2. The molecule has 0 bridgehead atoms. The lowest BCUT2D eigenvalue weighted by atomic mass is 9.74. The Labute approximate surface area is 725 Å². The summed E-state index contributed by atoms with van der Waals surface area (Å²) < 4.78 is 39.7. The predicted molar refractivity (Wildman–Crippen MR) is 498 cm³/mol. The summed E-state index contributed by atoms with van der Waals surface area (Å²) in [5.74, 6) is 3.92. The zero-order chi connectivity index (χ0) is 86.9. The minimum atomic E-state index is -0.0674. The maximum atomic E-state index is 9.65. The molecule has 0 heterocycles. The Morgan fingerprint density at radius 3 is 0.918 bits per heavy atom. The van der Waals surface area contributed by atoms with Crippen LogP contribution in [0.4, 0.5) is 22.7 Å². The van der Waals surface area contributed by atoms with Crippen molar-refractivity contribution in [2.24, 2.45) is 16.2 Å². The lowest BCUT2D eigenvalue weighted by molar-refractivity contribution is 0.282. The summed E-state index contributed by atoms with van der Waals surface area (Å²) in [4.78, 5) is 8.73. The Bertz CT molecular complexity index is 5490. The molecule has 4 aliphatic carbocycles. The van der Waals surface area contributed by atoms with Crippen LogP contribution in [-0.4, -0.2) is 80.8 Å². The Kier molecular flexibility index (Phi) is 31.0. The van der Waals surface area contributed by atoms with E-state index in [0.29, 0.717) is 93.5 Å². The van der Waals surface area contributed by atoms with E-state index >= 15 is 0 Å². The van der Waals surface area contributed by atoms with Gasteiger partial charge in [-0.3, -0.25) is 0 Å². The van der Waals surface area contributed by atoms with E-state index in [9.17, 15) is 26.3 Å². The second-order valence-electron chi connectivity index (χ2n) is 35.2. The smallest absolute Gasteiger partial charge is 0.132 e. The van der Waals surface area contributed by atoms with Gasteiger partial charge in [-0.15, -0.1) is 0 Å². The Morgan fingerprint density at radius 2 is 0.607 bits per heavy atom. The number of likely N-dealkylation sites (N-methyl/N-ethyl adjacent to an activating group) is 4. The molecular formula is C107H117N9O6. The molecule has 15 heteroatoms. The first-order valence-corrected chi connectivity index (χ1v) is 42.4. The van der Waals surface area contributed by atoms with E-state index in [4.69, 9.17) is 28.4 Å². The van der Waals surface area contributed by atoms with Gasteiger partial charge in [0.15, 0.2) is 0 Å². The first kappa shape index (κ1) is 89.7. The number of ether oxygens (including phenoxy) is 6. The second kappa shape index (κ2) is 42.2. The molecule has 0 aliphatic heterocycles. The van der Waals surface area contributed by atoms with Crippen LogP contribution in [0.1, 0.15) is 159 Å². The van der Waals surface area contributed by atoms with Crippen LogP contribution in [0.25, 0.3) is 24.3 Å². The van der Waals surface area contributed by atoms with Crippen LogP contribution in [0.15, 0.2) is 267 Å². The third-order valence-corrected chi connectivity index (χ3v) is 22.7. The summed E-state index contributed by atoms with van der Waals surface area (Å²) in [5.41, 5.74) is 22.8. The van der Waals surface area contributed by atoms with E-state index in [1.165, 1.54) is 16.7 Å². The van der Waals surface area contributed by atoms with Gasteiger partial charge in [0.1, 0.15) is 91.8 Å². The first-order chi connectivity index (χ1) is 58.6. The van der Waals surface area contributed by atoms with E-state index in [1.54, 1.807) is 0 Å². The molecule has 4 aliphatic rings. The number of allylic oxidation sites excluding steroid dienone is 20. The number of nitriles is 5. The number of nitrogens with zero attached hydrogens (tertiary/aromatic N) is 9. The van der Waals surface area contributed by atoms with E-state index in [2.05, 4.69) is 284 Å². The summed E-state index contributed by atoms with van der Waals surface area (Å²) in [6.45, 7) is 25.7. The highest BCUT2D eigenvalue weighted by atomic mass is 16.5. The maximum absolute atomic E-state index is 9.65. The van der Waals surface area contributed by atoms with Crippen LogP contribution in [-0.2, 0) is 13.2 Å². The average Bonchev–Trinajstić information content (AvgIpc) is 0.828. The van der Waals surface area contributed by atoms with Gasteiger partial charge in [0, 0.05) is 85.9 Å².